The van der Waals surface area contributed by atoms with Gasteiger partial charge in [0.25, 0.3) is 0 Å². The summed E-state index contributed by atoms with van der Waals surface area (Å²) in [4.78, 5) is 13.4. The number of fused-ring (bicyclic) bond motifs is 2. The number of hydrogen-bond donors (Lipinski definition) is 0. The zero-order chi connectivity index (χ0) is 19.7. The molecule has 0 saturated heterocycles. The van der Waals surface area contributed by atoms with Gasteiger partial charge in [-0.3, -0.25) is 9.36 Å². The number of para-hydroxylation sites is 2. The lowest BCUT2D eigenvalue weighted by Crippen LogP contribution is -2.29. The topological polar surface area (TPSA) is 84.2 Å². The highest BCUT2D eigenvalue weighted by molar-refractivity contribution is 7.62. The monoisotopic (exact) mass is 402 g/mol. The standard InChI is InChI=1S/C20H19O7P/c1-3-25-28(22,26-4-2)20-17(21)13-8-5-6-10-15(13)27-19(20)14-9-7-11-16-18(14)24-12-23-16/h5-11H,3-4,12H2,1-2H3. The van der Waals surface area contributed by atoms with E-state index in [1.807, 2.05) is 0 Å². The van der Waals surface area contributed by atoms with Gasteiger partial charge in [-0.05, 0) is 38.1 Å². The zero-order valence-corrected chi connectivity index (χ0v) is 16.4. The summed E-state index contributed by atoms with van der Waals surface area (Å²) in [6.45, 7) is 3.63. The molecule has 0 N–H and O–H groups in total. The first-order valence-corrected chi connectivity index (χ1v) is 10.5. The van der Waals surface area contributed by atoms with E-state index in [4.69, 9.17) is 22.9 Å². The summed E-state index contributed by atoms with van der Waals surface area (Å²) in [5.41, 5.74) is 0.355. The molecule has 1 aromatic heterocycles. The predicted molar refractivity (Wildman–Crippen MR) is 105 cm³/mol. The van der Waals surface area contributed by atoms with Crippen LogP contribution in [0.4, 0.5) is 0 Å². The number of ether oxygens (including phenoxy) is 2. The highest BCUT2D eigenvalue weighted by Crippen LogP contribution is 2.50. The van der Waals surface area contributed by atoms with Gasteiger partial charge in [0.1, 0.15) is 5.58 Å². The van der Waals surface area contributed by atoms with Crippen LogP contribution in [0.3, 0.4) is 0 Å². The van der Waals surface area contributed by atoms with E-state index in [2.05, 4.69) is 0 Å². The van der Waals surface area contributed by atoms with Crippen molar-refractivity contribution in [2.24, 2.45) is 0 Å². The molecule has 2 heterocycles. The van der Waals surface area contributed by atoms with Crippen LogP contribution in [0.1, 0.15) is 13.8 Å². The summed E-state index contributed by atoms with van der Waals surface area (Å²) in [5, 5.41) is 0.157. The first kappa shape index (κ1) is 18.7. The van der Waals surface area contributed by atoms with Crippen LogP contribution < -0.4 is 20.2 Å². The van der Waals surface area contributed by atoms with E-state index < -0.39 is 13.0 Å². The molecule has 2 aromatic carbocycles. The molecule has 0 fully saturated rings. The largest absolute Gasteiger partial charge is 0.455 e. The predicted octanol–water partition coefficient (Wildman–Crippen LogP) is 4.08. The van der Waals surface area contributed by atoms with Gasteiger partial charge in [0.2, 0.25) is 12.2 Å². The second kappa shape index (κ2) is 7.43. The molecule has 8 heteroatoms. The lowest BCUT2D eigenvalue weighted by atomic mass is 10.1. The molecule has 146 valence electrons. The molecule has 28 heavy (non-hydrogen) atoms. The van der Waals surface area contributed by atoms with Crippen LogP contribution in [0.5, 0.6) is 11.5 Å². The molecular formula is C20H19O7P. The fourth-order valence-electron chi connectivity index (χ4n) is 3.18. The first-order chi connectivity index (χ1) is 13.6. The molecule has 0 spiro atoms. The highest BCUT2D eigenvalue weighted by atomic mass is 31.2. The van der Waals surface area contributed by atoms with Crippen molar-refractivity contribution in [3.63, 3.8) is 0 Å². The van der Waals surface area contributed by atoms with Gasteiger partial charge in [0.15, 0.2) is 22.6 Å². The van der Waals surface area contributed by atoms with Gasteiger partial charge in [-0.25, -0.2) is 0 Å². The highest BCUT2D eigenvalue weighted by Gasteiger charge is 2.37. The lowest BCUT2D eigenvalue weighted by Gasteiger charge is -2.19. The summed E-state index contributed by atoms with van der Waals surface area (Å²) < 4.78 is 41.6. The third-order valence-electron chi connectivity index (χ3n) is 4.29. The summed E-state index contributed by atoms with van der Waals surface area (Å²) >= 11 is 0. The van der Waals surface area contributed by atoms with Crippen molar-refractivity contribution in [2.75, 3.05) is 20.0 Å². The van der Waals surface area contributed by atoms with Gasteiger partial charge in [-0.2, -0.15) is 0 Å². The molecule has 4 rings (SSSR count). The Balaban J connectivity index is 2.10. The summed E-state index contributed by atoms with van der Waals surface area (Å²) in [7, 11) is -3.94. The van der Waals surface area contributed by atoms with Crippen molar-refractivity contribution in [3.8, 4) is 22.8 Å². The van der Waals surface area contributed by atoms with Crippen molar-refractivity contribution in [1.82, 2.24) is 0 Å². The Kier molecular flexibility index (Phi) is 4.98. The van der Waals surface area contributed by atoms with Crippen LogP contribution in [0.15, 0.2) is 51.7 Å². The van der Waals surface area contributed by atoms with E-state index in [0.29, 0.717) is 28.0 Å². The number of benzene rings is 2. The van der Waals surface area contributed by atoms with Crippen LogP contribution in [-0.2, 0) is 13.6 Å². The van der Waals surface area contributed by atoms with Crippen molar-refractivity contribution in [2.45, 2.75) is 13.8 Å². The number of rotatable bonds is 6. The summed E-state index contributed by atoms with van der Waals surface area (Å²) in [5.74, 6) is 1.03. The van der Waals surface area contributed by atoms with E-state index in [0.717, 1.165) is 0 Å². The molecule has 0 saturated carbocycles. The lowest BCUT2D eigenvalue weighted by molar-refractivity contribution is 0.174. The van der Waals surface area contributed by atoms with Crippen molar-refractivity contribution < 1.29 is 27.5 Å². The number of hydrogen-bond acceptors (Lipinski definition) is 7. The van der Waals surface area contributed by atoms with Crippen LogP contribution in [-0.4, -0.2) is 20.0 Å². The van der Waals surface area contributed by atoms with Gasteiger partial charge in [0, 0.05) is 0 Å². The molecule has 0 aliphatic carbocycles. The van der Waals surface area contributed by atoms with E-state index in [1.54, 1.807) is 56.3 Å². The van der Waals surface area contributed by atoms with E-state index in [1.165, 1.54) is 0 Å². The third kappa shape index (κ3) is 3.02. The summed E-state index contributed by atoms with van der Waals surface area (Å²) in [6.07, 6.45) is 0. The van der Waals surface area contributed by atoms with Crippen LogP contribution in [0.2, 0.25) is 0 Å². The van der Waals surface area contributed by atoms with Crippen molar-refractivity contribution in [1.29, 1.82) is 0 Å². The molecule has 1 aliphatic heterocycles. The molecular weight excluding hydrogens is 383 g/mol. The molecule has 0 atom stereocenters. The SMILES string of the molecule is CCOP(=O)(OCC)c1c(-c2cccc3c2OCO3)oc2ccccc2c1=O. The molecule has 1 aliphatic rings. The Bertz CT molecular complexity index is 1130. The Hall–Kier alpha value is -2.60. The Morgan fingerprint density at radius 3 is 2.50 bits per heavy atom. The van der Waals surface area contributed by atoms with E-state index >= 15 is 0 Å². The second-order valence-corrected chi connectivity index (χ2v) is 7.94. The van der Waals surface area contributed by atoms with Gasteiger partial charge in [-0.1, -0.05) is 18.2 Å². The van der Waals surface area contributed by atoms with Crippen LogP contribution >= 0.6 is 7.60 Å². The molecule has 0 radical (unpaired) electrons. The van der Waals surface area contributed by atoms with Crippen LogP contribution in [0.25, 0.3) is 22.3 Å². The summed E-state index contributed by atoms with van der Waals surface area (Å²) in [6, 6.07) is 12.0. The minimum absolute atomic E-state index is 0.0497. The van der Waals surface area contributed by atoms with Gasteiger partial charge >= 0.3 is 7.60 Å². The molecule has 0 bridgehead atoms. The maximum Gasteiger partial charge on any atom is 0.369 e. The van der Waals surface area contributed by atoms with E-state index in [-0.39, 0.29) is 31.1 Å². The smallest absolute Gasteiger partial charge is 0.369 e. The van der Waals surface area contributed by atoms with Crippen molar-refractivity contribution in [3.05, 3.63) is 52.7 Å². The van der Waals surface area contributed by atoms with Gasteiger partial charge in [-0.15, -0.1) is 0 Å². The minimum Gasteiger partial charge on any atom is -0.455 e. The molecule has 7 nitrogen and oxygen atoms in total. The maximum absolute atomic E-state index is 13.6. The zero-order valence-electron chi connectivity index (χ0n) is 15.5. The Morgan fingerprint density at radius 2 is 1.75 bits per heavy atom. The average Bonchev–Trinajstić information content (AvgIpc) is 3.17. The van der Waals surface area contributed by atoms with Gasteiger partial charge in [0.05, 0.1) is 24.2 Å². The third-order valence-corrected chi connectivity index (χ3v) is 6.44. The Labute approximate surface area is 161 Å². The molecule has 0 amide bonds. The minimum atomic E-state index is -3.94. The van der Waals surface area contributed by atoms with Crippen LogP contribution in [0, 0.1) is 0 Å². The van der Waals surface area contributed by atoms with E-state index in [9.17, 15) is 9.36 Å². The fourth-order valence-corrected chi connectivity index (χ4v) is 4.98. The normalized spacial score (nSPS) is 13.2. The molecule has 0 unspecified atom stereocenters. The second-order valence-electron chi connectivity index (χ2n) is 5.98. The first-order valence-electron chi connectivity index (χ1n) is 8.93. The van der Waals surface area contributed by atoms with Crippen molar-refractivity contribution >= 4 is 23.9 Å². The van der Waals surface area contributed by atoms with Gasteiger partial charge < -0.3 is 22.9 Å². The maximum atomic E-state index is 13.6. The molecule has 3 aromatic rings. The fraction of sp³-hybridized carbons (Fsp3) is 0.250. The quantitative estimate of drug-likeness (QED) is 0.575. The Morgan fingerprint density at radius 1 is 1.00 bits per heavy atom. The average molecular weight is 402 g/mol.